The maximum atomic E-state index is 11.3. The van der Waals surface area contributed by atoms with E-state index in [-0.39, 0.29) is 5.56 Å². The number of hydrogen-bond donors (Lipinski definition) is 1. The molecule has 0 aliphatic rings. The molecule has 2 rings (SSSR count). The Kier molecular flexibility index (Phi) is 3.50. The molecule has 2 aromatic heterocycles. The number of anilines is 1. The molecule has 0 bridgehead atoms. The summed E-state index contributed by atoms with van der Waals surface area (Å²) >= 11 is 0. The summed E-state index contributed by atoms with van der Waals surface area (Å²) < 4.78 is 1.59. The second-order valence-corrected chi connectivity index (χ2v) is 4.43. The van der Waals surface area contributed by atoms with Gasteiger partial charge in [-0.05, 0) is 18.6 Å². The van der Waals surface area contributed by atoms with Gasteiger partial charge in [0.05, 0.1) is 5.69 Å². The summed E-state index contributed by atoms with van der Waals surface area (Å²) in [5, 5.41) is 13.5. The molecule has 0 unspecified atom stereocenters. The molecule has 19 heavy (non-hydrogen) atoms. The zero-order chi connectivity index (χ0) is 14.0. The van der Waals surface area contributed by atoms with E-state index in [4.69, 9.17) is 0 Å². The minimum absolute atomic E-state index is 0.244. The van der Waals surface area contributed by atoms with Crippen molar-refractivity contribution in [3.8, 4) is 0 Å². The molecule has 1 N–H and O–H groups in total. The highest BCUT2D eigenvalue weighted by atomic mass is 16.4. The van der Waals surface area contributed by atoms with Crippen LogP contribution in [0, 0.1) is 6.92 Å². The molecule has 6 nitrogen and oxygen atoms in total. The van der Waals surface area contributed by atoms with E-state index in [0.29, 0.717) is 18.1 Å². The number of nitrogens with zero attached hydrogens (tertiary/aromatic N) is 4. The molecule has 0 radical (unpaired) electrons. The van der Waals surface area contributed by atoms with Crippen molar-refractivity contribution in [1.29, 1.82) is 0 Å². The van der Waals surface area contributed by atoms with E-state index in [2.05, 4.69) is 10.1 Å². The maximum absolute atomic E-state index is 11.3. The predicted molar refractivity (Wildman–Crippen MR) is 71.2 cm³/mol. The van der Waals surface area contributed by atoms with Crippen LogP contribution >= 0.6 is 0 Å². The number of carboxylic acid groups (broad SMARTS) is 1. The molecule has 2 heterocycles. The Hall–Kier alpha value is -2.37. The lowest BCUT2D eigenvalue weighted by Gasteiger charge is -2.20. The number of aryl methyl sites for hydroxylation is 2. The van der Waals surface area contributed by atoms with Crippen molar-refractivity contribution in [3.05, 3.63) is 41.3 Å². The number of pyridine rings is 1. The predicted octanol–water partition coefficient (Wildman–Crippen LogP) is 1.46. The van der Waals surface area contributed by atoms with Crippen LogP contribution in [0.1, 0.15) is 21.6 Å². The van der Waals surface area contributed by atoms with Crippen LogP contribution < -0.4 is 4.90 Å². The van der Waals surface area contributed by atoms with Crippen molar-refractivity contribution in [2.24, 2.45) is 7.05 Å². The van der Waals surface area contributed by atoms with Crippen LogP contribution in [0.25, 0.3) is 0 Å². The monoisotopic (exact) mass is 260 g/mol. The number of rotatable bonds is 4. The van der Waals surface area contributed by atoms with E-state index in [1.165, 1.54) is 0 Å². The third kappa shape index (κ3) is 2.57. The van der Waals surface area contributed by atoms with Gasteiger partial charge in [0.2, 0.25) is 0 Å². The first-order chi connectivity index (χ1) is 9.00. The minimum Gasteiger partial charge on any atom is -0.477 e. The fourth-order valence-electron chi connectivity index (χ4n) is 2.17. The Morgan fingerprint density at radius 3 is 2.84 bits per heavy atom. The molecule has 0 saturated carbocycles. The van der Waals surface area contributed by atoms with Crippen molar-refractivity contribution >= 4 is 11.8 Å². The molecule has 0 atom stereocenters. The molecule has 0 spiro atoms. The molecule has 6 heteroatoms. The van der Waals surface area contributed by atoms with Gasteiger partial charge < -0.3 is 10.0 Å². The zero-order valence-corrected chi connectivity index (χ0v) is 11.2. The van der Waals surface area contributed by atoms with E-state index >= 15 is 0 Å². The highest BCUT2D eigenvalue weighted by Crippen LogP contribution is 2.23. The lowest BCUT2D eigenvalue weighted by molar-refractivity contribution is 0.0696. The van der Waals surface area contributed by atoms with Crippen LogP contribution in [0.2, 0.25) is 0 Å². The molecule has 0 fully saturated rings. The zero-order valence-electron chi connectivity index (χ0n) is 11.2. The molecular formula is C13H16N4O2. The van der Waals surface area contributed by atoms with Gasteiger partial charge in [0.1, 0.15) is 11.4 Å². The number of carbonyl (C=O) groups is 1. The summed E-state index contributed by atoms with van der Waals surface area (Å²) in [5.41, 5.74) is 1.78. The van der Waals surface area contributed by atoms with Crippen LogP contribution in [0.5, 0.6) is 0 Å². The van der Waals surface area contributed by atoms with Gasteiger partial charge in [-0.15, -0.1) is 0 Å². The second kappa shape index (κ2) is 5.09. The molecule has 0 aliphatic carbocycles. The molecular weight excluding hydrogens is 244 g/mol. The SMILES string of the molecule is Cc1nn(C)c(N(C)Cc2cccnc2)c1C(=O)O. The van der Waals surface area contributed by atoms with Crippen molar-refractivity contribution < 1.29 is 9.90 Å². The van der Waals surface area contributed by atoms with Gasteiger partial charge in [0, 0.05) is 33.0 Å². The summed E-state index contributed by atoms with van der Waals surface area (Å²) in [4.78, 5) is 17.2. The molecule has 0 amide bonds. The summed E-state index contributed by atoms with van der Waals surface area (Å²) in [5.74, 6) is -0.368. The Labute approximate surface area is 111 Å². The summed E-state index contributed by atoms with van der Waals surface area (Å²) in [7, 11) is 3.59. The van der Waals surface area contributed by atoms with E-state index in [1.807, 2.05) is 24.1 Å². The number of aromatic carboxylic acids is 1. The van der Waals surface area contributed by atoms with Crippen LogP contribution in [-0.2, 0) is 13.6 Å². The normalized spacial score (nSPS) is 10.5. The minimum atomic E-state index is -0.960. The number of hydrogen-bond acceptors (Lipinski definition) is 4. The standard InChI is InChI=1S/C13H16N4O2/c1-9-11(13(18)19)12(17(3)15-9)16(2)8-10-5-4-6-14-7-10/h4-7H,8H2,1-3H3,(H,18,19). The summed E-state index contributed by atoms with van der Waals surface area (Å²) in [6.45, 7) is 2.28. The largest absolute Gasteiger partial charge is 0.477 e. The van der Waals surface area contributed by atoms with Gasteiger partial charge in [-0.3, -0.25) is 9.67 Å². The van der Waals surface area contributed by atoms with Gasteiger partial charge in [-0.2, -0.15) is 5.10 Å². The first-order valence-electron chi connectivity index (χ1n) is 5.87. The Balaban J connectivity index is 2.34. The third-order valence-corrected chi connectivity index (χ3v) is 2.91. The van der Waals surface area contributed by atoms with Gasteiger partial charge in [-0.25, -0.2) is 4.79 Å². The van der Waals surface area contributed by atoms with Crippen molar-refractivity contribution in [1.82, 2.24) is 14.8 Å². The van der Waals surface area contributed by atoms with Gasteiger partial charge in [-0.1, -0.05) is 6.07 Å². The van der Waals surface area contributed by atoms with Crippen molar-refractivity contribution in [2.75, 3.05) is 11.9 Å². The van der Waals surface area contributed by atoms with Gasteiger partial charge in [0.25, 0.3) is 0 Å². The fraction of sp³-hybridized carbons (Fsp3) is 0.308. The topological polar surface area (TPSA) is 71.2 Å². The molecule has 0 aliphatic heterocycles. The smallest absolute Gasteiger partial charge is 0.341 e. The van der Waals surface area contributed by atoms with Crippen LogP contribution in [-0.4, -0.2) is 32.9 Å². The summed E-state index contributed by atoms with van der Waals surface area (Å²) in [6.07, 6.45) is 3.47. The fourth-order valence-corrected chi connectivity index (χ4v) is 2.17. The van der Waals surface area contributed by atoms with Crippen molar-refractivity contribution in [2.45, 2.75) is 13.5 Å². The quantitative estimate of drug-likeness (QED) is 0.901. The summed E-state index contributed by atoms with van der Waals surface area (Å²) in [6, 6.07) is 3.81. The number of carboxylic acids is 1. The molecule has 0 saturated heterocycles. The van der Waals surface area contributed by atoms with E-state index < -0.39 is 5.97 Å². The Morgan fingerprint density at radius 1 is 1.53 bits per heavy atom. The molecule has 0 aromatic carbocycles. The Bertz CT molecular complexity index is 592. The number of aromatic nitrogens is 3. The first kappa shape index (κ1) is 13.1. The van der Waals surface area contributed by atoms with Crippen LogP contribution in [0.3, 0.4) is 0 Å². The molecule has 100 valence electrons. The van der Waals surface area contributed by atoms with Gasteiger partial charge >= 0.3 is 5.97 Å². The highest BCUT2D eigenvalue weighted by molar-refractivity contribution is 5.94. The molecule has 2 aromatic rings. The van der Waals surface area contributed by atoms with Crippen molar-refractivity contribution in [3.63, 3.8) is 0 Å². The van der Waals surface area contributed by atoms with Crippen LogP contribution in [0.15, 0.2) is 24.5 Å². The maximum Gasteiger partial charge on any atom is 0.341 e. The van der Waals surface area contributed by atoms with Crippen LogP contribution in [0.4, 0.5) is 5.82 Å². The average Bonchev–Trinajstić information content (AvgIpc) is 2.65. The van der Waals surface area contributed by atoms with Gasteiger partial charge in [0.15, 0.2) is 0 Å². The van der Waals surface area contributed by atoms with E-state index in [1.54, 1.807) is 31.0 Å². The Morgan fingerprint density at radius 2 is 2.26 bits per heavy atom. The highest BCUT2D eigenvalue weighted by Gasteiger charge is 2.22. The average molecular weight is 260 g/mol. The van der Waals surface area contributed by atoms with E-state index in [0.717, 1.165) is 5.56 Å². The van der Waals surface area contributed by atoms with E-state index in [9.17, 15) is 9.90 Å². The lowest BCUT2D eigenvalue weighted by atomic mass is 10.2. The first-order valence-corrected chi connectivity index (χ1v) is 5.87. The third-order valence-electron chi connectivity index (χ3n) is 2.91. The lowest BCUT2D eigenvalue weighted by Crippen LogP contribution is -2.21. The second-order valence-electron chi connectivity index (χ2n) is 4.43.